The SMILES string of the molecule is COC(=O)CCCC(=O)N1CCCC(c2cc(Cl)ccc2N)=CC1c1ccc(OC)cc1. The number of esters is 1. The molecule has 0 radical (unpaired) electrons. The summed E-state index contributed by atoms with van der Waals surface area (Å²) < 4.78 is 9.98. The standard InChI is InChI=1S/C25H29ClN2O4/c1-31-20-11-8-17(9-12-20)23-15-18(21-16-19(26)10-13-22(21)27)5-4-14-28(23)24(29)6-3-7-25(30)32-2/h8-13,15-16,23H,3-7,14,27H2,1-2H3. The number of ether oxygens (including phenoxy) is 2. The Morgan fingerprint density at radius 1 is 1.12 bits per heavy atom. The lowest BCUT2D eigenvalue weighted by Crippen LogP contribution is -2.34. The predicted molar refractivity (Wildman–Crippen MR) is 126 cm³/mol. The van der Waals surface area contributed by atoms with Crippen molar-refractivity contribution in [2.75, 3.05) is 26.5 Å². The van der Waals surface area contributed by atoms with Crippen molar-refractivity contribution in [3.8, 4) is 5.75 Å². The number of halogens is 1. The Bertz CT molecular complexity index is 988. The molecule has 1 amide bonds. The maximum Gasteiger partial charge on any atom is 0.305 e. The molecule has 1 heterocycles. The van der Waals surface area contributed by atoms with Crippen LogP contribution in [0.15, 0.2) is 48.5 Å². The molecule has 7 heteroatoms. The fraction of sp³-hybridized carbons (Fsp3) is 0.360. The van der Waals surface area contributed by atoms with Crippen LogP contribution in [0.5, 0.6) is 5.75 Å². The van der Waals surface area contributed by atoms with Crippen molar-refractivity contribution in [2.45, 2.75) is 38.1 Å². The van der Waals surface area contributed by atoms with E-state index < -0.39 is 0 Å². The summed E-state index contributed by atoms with van der Waals surface area (Å²) >= 11 is 6.24. The van der Waals surface area contributed by atoms with Crippen LogP contribution in [0, 0.1) is 0 Å². The Hall–Kier alpha value is -2.99. The van der Waals surface area contributed by atoms with E-state index in [-0.39, 0.29) is 30.8 Å². The molecular formula is C25H29ClN2O4. The molecule has 0 bridgehead atoms. The molecule has 0 aromatic heterocycles. The number of hydrogen-bond donors (Lipinski definition) is 1. The van der Waals surface area contributed by atoms with Crippen LogP contribution in [-0.2, 0) is 14.3 Å². The van der Waals surface area contributed by atoms with Gasteiger partial charge in [-0.05, 0) is 60.7 Å². The second kappa shape index (κ2) is 11.0. The number of nitrogens with zero attached hydrogens (tertiary/aromatic N) is 1. The van der Waals surface area contributed by atoms with Gasteiger partial charge in [0.1, 0.15) is 5.75 Å². The number of hydrogen-bond acceptors (Lipinski definition) is 5. The van der Waals surface area contributed by atoms with Gasteiger partial charge in [0, 0.05) is 35.7 Å². The van der Waals surface area contributed by atoms with Gasteiger partial charge in [-0.3, -0.25) is 9.59 Å². The van der Waals surface area contributed by atoms with Crippen molar-refractivity contribution in [2.24, 2.45) is 0 Å². The highest BCUT2D eigenvalue weighted by atomic mass is 35.5. The van der Waals surface area contributed by atoms with E-state index in [0.29, 0.717) is 23.7 Å². The molecule has 1 unspecified atom stereocenters. The number of allylic oxidation sites excluding steroid dienone is 1. The molecular weight excluding hydrogens is 428 g/mol. The molecule has 2 aromatic rings. The predicted octanol–water partition coefficient (Wildman–Crippen LogP) is 5.02. The van der Waals surface area contributed by atoms with Gasteiger partial charge in [-0.25, -0.2) is 0 Å². The maximum absolute atomic E-state index is 13.2. The Morgan fingerprint density at radius 3 is 2.56 bits per heavy atom. The Labute approximate surface area is 193 Å². The Balaban J connectivity index is 1.94. The molecule has 32 heavy (non-hydrogen) atoms. The summed E-state index contributed by atoms with van der Waals surface area (Å²) in [4.78, 5) is 26.5. The number of carbonyl (C=O) groups is 2. The minimum absolute atomic E-state index is 0.00582. The van der Waals surface area contributed by atoms with Crippen LogP contribution >= 0.6 is 11.6 Å². The van der Waals surface area contributed by atoms with E-state index in [0.717, 1.165) is 35.3 Å². The van der Waals surface area contributed by atoms with E-state index in [4.69, 9.17) is 22.1 Å². The number of rotatable bonds is 7. The van der Waals surface area contributed by atoms with Crippen LogP contribution < -0.4 is 10.5 Å². The highest BCUT2D eigenvalue weighted by molar-refractivity contribution is 6.30. The molecule has 0 spiro atoms. The van der Waals surface area contributed by atoms with Crippen LogP contribution in [0.2, 0.25) is 5.02 Å². The molecule has 1 atom stereocenters. The summed E-state index contributed by atoms with van der Waals surface area (Å²) in [6, 6.07) is 12.9. The average molecular weight is 457 g/mol. The molecule has 170 valence electrons. The van der Waals surface area contributed by atoms with Gasteiger partial charge in [0.25, 0.3) is 0 Å². The Kier molecular flexibility index (Phi) is 8.17. The van der Waals surface area contributed by atoms with E-state index >= 15 is 0 Å². The van der Waals surface area contributed by atoms with Crippen molar-refractivity contribution in [3.63, 3.8) is 0 Å². The van der Waals surface area contributed by atoms with Crippen molar-refractivity contribution in [1.82, 2.24) is 4.90 Å². The molecule has 0 fully saturated rings. The van der Waals surface area contributed by atoms with Crippen LogP contribution in [0.25, 0.3) is 5.57 Å². The smallest absolute Gasteiger partial charge is 0.305 e. The quantitative estimate of drug-likeness (QED) is 0.467. The van der Waals surface area contributed by atoms with Crippen molar-refractivity contribution in [3.05, 3.63) is 64.7 Å². The van der Waals surface area contributed by atoms with Gasteiger partial charge in [0.2, 0.25) is 5.91 Å². The van der Waals surface area contributed by atoms with Gasteiger partial charge < -0.3 is 20.1 Å². The first-order chi connectivity index (χ1) is 15.4. The van der Waals surface area contributed by atoms with Gasteiger partial charge in [-0.2, -0.15) is 0 Å². The summed E-state index contributed by atoms with van der Waals surface area (Å²) in [6.45, 7) is 0.605. The monoisotopic (exact) mass is 456 g/mol. The topological polar surface area (TPSA) is 81.9 Å². The van der Waals surface area contributed by atoms with Crippen LogP contribution in [0.1, 0.15) is 49.3 Å². The second-order valence-electron chi connectivity index (χ2n) is 7.76. The first kappa shape index (κ1) is 23.7. The highest BCUT2D eigenvalue weighted by Gasteiger charge is 2.27. The van der Waals surface area contributed by atoms with E-state index in [1.165, 1.54) is 7.11 Å². The number of benzene rings is 2. The molecule has 6 nitrogen and oxygen atoms in total. The van der Waals surface area contributed by atoms with Crippen molar-refractivity contribution in [1.29, 1.82) is 0 Å². The summed E-state index contributed by atoms with van der Waals surface area (Å²) in [6.07, 6.45) is 4.65. The number of carbonyl (C=O) groups excluding carboxylic acids is 2. The minimum atomic E-state index is -0.306. The van der Waals surface area contributed by atoms with Crippen molar-refractivity contribution >= 4 is 34.7 Å². The third-order valence-electron chi connectivity index (χ3n) is 5.68. The van der Waals surface area contributed by atoms with Gasteiger partial charge in [0.15, 0.2) is 0 Å². The van der Waals surface area contributed by atoms with E-state index in [1.54, 1.807) is 13.2 Å². The number of anilines is 1. The zero-order valence-electron chi connectivity index (χ0n) is 18.5. The zero-order chi connectivity index (χ0) is 23.1. The minimum Gasteiger partial charge on any atom is -0.497 e. The van der Waals surface area contributed by atoms with Crippen molar-refractivity contribution < 1.29 is 19.1 Å². The number of amides is 1. The van der Waals surface area contributed by atoms with E-state index in [2.05, 4.69) is 10.8 Å². The molecule has 0 saturated heterocycles. The van der Waals surface area contributed by atoms with Crippen LogP contribution in [0.4, 0.5) is 5.69 Å². The fourth-order valence-electron chi connectivity index (χ4n) is 3.96. The lowest BCUT2D eigenvalue weighted by molar-refractivity contribution is -0.141. The summed E-state index contributed by atoms with van der Waals surface area (Å²) in [7, 11) is 2.98. The summed E-state index contributed by atoms with van der Waals surface area (Å²) in [5.74, 6) is 0.451. The molecule has 2 N–H and O–H groups in total. The van der Waals surface area contributed by atoms with Gasteiger partial charge in [0.05, 0.1) is 20.3 Å². The summed E-state index contributed by atoms with van der Waals surface area (Å²) in [5, 5.41) is 0.621. The molecule has 1 aliphatic rings. The number of nitrogens with two attached hydrogens (primary N) is 1. The van der Waals surface area contributed by atoms with Gasteiger partial charge in [-0.15, -0.1) is 0 Å². The second-order valence-corrected chi connectivity index (χ2v) is 8.20. The molecule has 3 rings (SSSR count). The van der Waals surface area contributed by atoms with Gasteiger partial charge >= 0.3 is 5.97 Å². The molecule has 1 aliphatic heterocycles. The normalized spacial score (nSPS) is 16.2. The highest BCUT2D eigenvalue weighted by Crippen LogP contribution is 2.36. The first-order valence-electron chi connectivity index (χ1n) is 10.7. The third-order valence-corrected chi connectivity index (χ3v) is 5.91. The summed E-state index contributed by atoms with van der Waals surface area (Å²) in [5.41, 5.74) is 9.86. The van der Waals surface area contributed by atoms with Crippen LogP contribution in [0.3, 0.4) is 0 Å². The van der Waals surface area contributed by atoms with E-state index in [1.807, 2.05) is 41.3 Å². The first-order valence-corrected chi connectivity index (χ1v) is 11.1. The molecule has 0 aliphatic carbocycles. The van der Waals surface area contributed by atoms with E-state index in [9.17, 15) is 9.59 Å². The lowest BCUT2D eigenvalue weighted by Gasteiger charge is -2.29. The largest absolute Gasteiger partial charge is 0.497 e. The molecule has 0 saturated carbocycles. The zero-order valence-corrected chi connectivity index (χ0v) is 19.2. The Morgan fingerprint density at radius 2 is 1.88 bits per heavy atom. The average Bonchev–Trinajstić information content (AvgIpc) is 3.03. The molecule has 2 aromatic carbocycles. The number of methoxy groups -OCH3 is 2. The van der Waals surface area contributed by atoms with Gasteiger partial charge in [-0.1, -0.05) is 29.8 Å². The lowest BCUT2D eigenvalue weighted by atomic mass is 9.96. The third kappa shape index (κ3) is 5.82. The number of nitrogen functional groups attached to an aromatic ring is 1. The maximum atomic E-state index is 13.2. The van der Waals surface area contributed by atoms with Crippen LogP contribution in [-0.4, -0.2) is 37.5 Å². The fourth-order valence-corrected chi connectivity index (χ4v) is 4.13.